The van der Waals surface area contributed by atoms with Gasteiger partial charge in [-0.3, -0.25) is 0 Å². The van der Waals surface area contributed by atoms with Crippen LogP contribution in [0.25, 0.3) is 5.41 Å². The van der Waals surface area contributed by atoms with E-state index in [1.807, 2.05) is 30.3 Å². The Hall–Kier alpha value is -0.487. The molecule has 0 atom stereocenters. The minimum Gasteiger partial charge on any atom is -0.807 e. The van der Waals surface area contributed by atoms with Gasteiger partial charge in [-0.1, -0.05) is 37.3 Å². The molecule has 0 heterocycles. The summed E-state index contributed by atoms with van der Waals surface area (Å²) in [5, 5.41) is 8.94. The molecule has 0 unspecified atom stereocenters. The molecule has 53 valence electrons. The fourth-order valence-corrected chi connectivity index (χ4v) is 0.679. The van der Waals surface area contributed by atoms with Crippen LogP contribution in [0.4, 0.5) is 0 Å². The van der Waals surface area contributed by atoms with Gasteiger partial charge >= 0.3 is 19.5 Å². The summed E-state index contributed by atoms with van der Waals surface area (Å²) in [7, 11) is 0. The Bertz CT molecular complexity index is 206. The van der Waals surface area contributed by atoms with Gasteiger partial charge in [0.15, 0.2) is 0 Å². The van der Waals surface area contributed by atoms with Crippen molar-refractivity contribution in [2.75, 3.05) is 0 Å². The van der Waals surface area contributed by atoms with Crippen LogP contribution in [0.1, 0.15) is 12.5 Å². The molecule has 0 spiro atoms. The number of hydrogen-bond donors (Lipinski definition) is 0. The third kappa shape index (κ3) is 2.40. The van der Waals surface area contributed by atoms with Crippen molar-refractivity contribution in [1.82, 2.24) is 0 Å². The minimum absolute atomic E-state index is 0. The van der Waals surface area contributed by atoms with Crippen molar-refractivity contribution in [1.29, 1.82) is 0 Å². The predicted octanol–water partition coefficient (Wildman–Crippen LogP) is 2.06. The predicted molar refractivity (Wildman–Crippen MR) is 39.6 cm³/mol. The van der Waals surface area contributed by atoms with Gasteiger partial charge in [0.25, 0.3) is 0 Å². The number of rotatable bonds is 1. The molecule has 1 nitrogen and oxygen atoms in total. The molecule has 0 aliphatic carbocycles. The van der Waals surface area contributed by atoms with Crippen LogP contribution in [0.5, 0.6) is 0 Å². The van der Waals surface area contributed by atoms with E-state index in [0.29, 0.717) is 5.71 Å². The summed E-state index contributed by atoms with van der Waals surface area (Å²) in [4.78, 5) is 0. The van der Waals surface area contributed by atoms with E-state index < -0.39 is 0 Å². The summed E-state index contributed by atoms with van der Waals surface area (Å²) in [6.07, 6.45) is 0. The number of hydrogen-bond acceptors (Lipinski definition) is 0. The molecule has 0 aliphatic heterocycles. The molecule has 1 radical (unpaired) electrons. The summed E-state index contributed by atoms with van der Waals surface area (Å²) in [5.41, 5.74) is 1.26. The maximum atomic E-state index is 8.94. The van der Waals surface area contributed by atoms with Crippen LogP contribution >= 0.6 is 0 Å². The van der Waals surface area contributed by atoms with E-state index >= 15 is 0 Å². The van der Waals surface area contributed by atoms with Crippen molar-refractivity contribution in [3.63, 3.8) is 0 Å². The zero-order valence-electron chi connectivity index (χ0n) is 5.69. The molecule has 2 heteroatoms. The van der Waals surface area contributed by atoms with Crippen molar-refractivity contribution in [2.24, 2.45) is 0 Å². The summed E-state index contributed by atoms with van der Waals surface area (Å²) in [6.45, 7) is 1.68. The normalized spacial score (nSPS) is 8.10. The van der Waals surface area contributed by atoms with Crippen LogP contribution in [-0.4, -0.2) is 5.71 Å². The Morgan fingerprint density at radius 2 is 1.70 bits per heavy atom. The van der Waals surface area contributed by atoms with E-state index in [1.54, 1.807) is 6.92 Å². The molecular weight excluding hydrogens is 211 g/mol. The Labute approximate surface area is 73.7 Å². The van der Waals surface area contributed by atoms with E-state index in [1.165, 1.54) is 0 Å². The molecule has 0 N–H and O–H groups in total. The van der Waals surface area contributed by atoms with Crippen molar-refractivity contribution >= 4 is 5.71 Å². The average molecular weight is 219 g/mol. The molecule has 0 fully saturated rings. The Morgan fingerprint density at radius 1 is 1.20 bits per heavy atom. The van der Waals surface area contributed by atoms with Crippen molar-refractivity contribution < 1.29 is 19.5 Å². The zero-order valence-corrected chi connectivity index (χ0v) is 7.43. The minimum atomic E-state index is 0. The number of benzene rings is 1. The summed E-state index contributed by atoms with van der Waals surface area (Å²) in [6, 6.07) is 9.46. The van der Waals surface area contributed by atoms with Crippen LogP contribution in [0.15, 0.2) is 30.3 Å². The molecule has 0 aromatic heterocycles. The largest absolute Gasteiger partial charge is 1.00 e. The SMILES string of the molecule is CC(=[N-])c1ccccc1.[Ru+]. The van der Waals surface area contributed by atoms with Gasteiger partial charge in [0.05, 0.1) is 0 Å². The van der Waals surface area contributed by atoms with E-state index in [4.69, 9.17) is 5.41 Å². The Balaban J connectivity index is 0.000000810. The summed E-state index contributed by atoms with van der Waals surface area (Å²) < 4.78 is 0. The van der Waals surface area contributed by atoms with Crippen LogP contribution in [0, 0.1) is 0 Å². The van der Waals surface area contributed by atoms with Crippen LogP contribution < -0.4 is 0 Å². The second-order valence-electron chi connectivity index (χ2n) is 1.95. The first-order valence-electron chi connectivity index (χ1n) is 2.88. The van der Waals surface area contributed by atoms with E-state index in [-0.39, 0.29) is 19.5 Å². The first-order chi connectivity index (χ1) is 4.30. The smallest absolute Gasteiger partial charge is 0.807 e. The van der Waals surface area contributed by atoms with Gasteiger partial charge < -0.3 is 5.41 Å². The molecule has 0 saturated heterocycles. The van der Waals surface area contributed by atoms with Gasteiger partial charge in [-0.05, 0) is 5.56 Å². The van der Waals surface area contributed by atoms with Crippen molar-refractivity contribution in [2.45, 2.75) is 6.92 Å². The molecular formula is C8H8NRu. The van der Waals surface area contributed by atoms with Gasteiger partial charge in [-0.25, -0.2) is 0 Å². The third-order valence-electron chi connectivity index (χ3n) is 1.19. The second-order valence-corrected chi connectivity index (χ2v) is 1.95. The van der Waals surface area contributed by atoms with Gasteiger partial charge in [0.2, 0.25) is 0 Å². The van der Waals surface area contributed by atoms with Gasteiger partial charge in [-0.15, -0.1) is 0 Å². The average Bonchev–Trinajstić information content (AvgIpc) is 1.90. The summed E-state index contributed by atoms with van der Waals surface area (Å²) >= 11 is 0. The van der Waals surface area contributed by atoms with Crippen LogP contribution in [0.3, 0.4) is 0 Å². The Kier molecular flexibility index (Phi) is 4.14. The van der Waals surface area contributed by atoms with E-state index in [9.17, 15) is 0 Å². The zero-order chi connectivity index (χ0) is 6.69. The fraction of sp³-hybridized carbons (Fsp3) is 0.125. The first-order valence-corrected chi connectivity index (χ1v) is 2.88. The Morgan fingerprint density at radius 3 is 2.00 bits per heavy atom. The van der Waals surface area contributed by atoms with Gasteiger partial charge in [0.1, 0.15) is 0 Å². The molecule has 0 aliphatic rings. The molecule has 0 amide bonds. The molecule has 0 saturated carbocycles. The first kappa shape index (κ1) is 9.51. The quantitative estimate of drug-likeness (QED) is 0.509. The second kappa shape index (κ2) is 4.35. The fourth-order valence-electron chi connectivity index (χ4n) is 0.679. The van der Waals surface area contributed by atoms with Gasteiger partial charge in [-0.2, -0.15) is 5.71 Å². The topological polar surface area (TPSA) is 22.3 Å². The van der Waals surface area contributed by atoms with Crippen molar-refractivity contribution in [3.05, 3.63) is 41.3 Å². The monoisotopic (exact) mass is 220 g/mol. The standard InChI is InChI=1S/C8H8N.Ru/c1-7(9)8-5-3-2-4-6-8;/h2-6H,1H3;/q-1;+1. The van der Waals surface area contributed by atoms with Crippen LogP contribution in [0.2, 0.25) is 0 Å². The summed E-state index contributed by atoms with van der Waals surface area (Å²) in [5.74, 6) is 0. The maximum Gasteiger partial charge on any atom is 1.00 e. The van der Waals surface area contributed by atoms with Crippen LogP contribution in [-0.2, 0) is 19.5 Å². The number of nitrogens with zero attached hydrogens (tertiary/aromatic N) is 1. The molecule has 1 rings (SSSR count). The molecule has 1 aromatic rings. The third-order valence-corrected chi connectivity index (χ3v) is 1.19. The molecule has 10 heavy (non-hydrogen) atoms. The molecule has 1 aromatic carbocycles. The van der Waals surface area contributed by atoms with Crippen molar-refractivity contribution in [3.8, 4) is 0 Å². The molecule has 0 bridgehead atoms. The van der Waals surface area contributed by atoms with E-state index in [0.717, 1.165) is 5.56 Å². The maximum absolute atomic E-state index is 8.94. The van der Waals surface area contributed by atoms with Gasteiger partial charge in [0, 0.05) is 0 Å². The van der Waals surface area contributed by atoms with E-state index in [2.05, 4.69) is 0 Å².